The lowest BCUT2D eigenvalue weighted by Gasteiger charge is -2.08. The van der Waals surface area contributed by atoms with E-state index in [4.69, 9.17) is 9.47 Å². The van der Waals surface area contributed by atoms with Crippen LogP contribution in [0.5, 0.6) is 5.75 Å². The van der Waals surface area contributed by atoms with E-state index in [0.29, 0.717) is 25.4 Å². The number of halogens is 1. The van der Waals surface area contributed by atoms with Gasteiger partial charge in [0.1, 0.15) is 18.2 Å². The predicted octanol–water partition coefficient (Wildman–Crippen LogP) is 1.77. The molecule has 1 heterocycles. The van der Waals surface area contributed by atoms with Crippen molar-refractivity contribution in [2.45, 2.75) is 6.42 Å². The van der Waals surface area contributed by atoms with Gasteiger partial charge in [-0.05, 0) is 30.7 Å². The Morgan fingerprint density at radius 3 is 2.73 bits per heavy atom. The van der Waals surface area contributed by atoms with E-state index in [2.05, 4.69) is 0 Å². The summed E-state index contributed by atoms with van der Waals surface area (Å²) in [6.07, 6.45) is 0.694. The molecule has 0 amide bonds. The molecule has 80 valence electrons. The molecule has 1 fully saturated rings. The zero-order valence-corrected chi connectivity index (χ0v) is 8.11. The van der Waals surface area contributed by atoms with Gasteiger partial charge in [-0.2, -0.15) is 0 Å². The number of hydrogen-bond acceptors (Lipinski definition) is 3. The second kappa shape index (κ2) is 4.29. The van der Waals surface area contributed by atoms with Crippen molar-refractivity contribution >= 4 is 5.97 Å². The first-order valence-corrected chi connectivity index (χ1v) is 4.81. The number of ether oxygens (including phenoxy) is 2. The lowest BCUT2D eigenvalue weighted by Crippen LogP contribution is -2.16. The molecule has 15 heavy (non-hydrogen) atoms. The number of rotatable bonds is 3. The molecule has 0 bridgehead atoms. The molecule has 0 saturated carbocycles. The van der Waals surface area contributed by atoms with Crippen LogP contribution in [0, 0.1) is 11.7 Å². The predicted molar refractivity (Wildman–Crippen MR) is 51.0 cm³/mol. The van der Waals surface area contributed by atoms with Crippen LogP contribution in [0.4, 0.5) is 4.39 Å². The molecule has 1 atom stereocenters. The smallest absolute Gasteiger partial charge is 0.312 e. The largest absolute Gasteiger partial charge is 0.493 e. The van der Waals surface area contributed by atoms with Gasteiger partial charge in [0.25, 0.3) is 0 Å². The Kier molecular flexibility index (Phi) is 2.85. The lowest BCUT2D eigenvalue weighted by molar-refractivity contribution is -0.141. The summed E-state index contributed by atoms with van der Waals surface area (Å²) in [7, 11) is 0. The van der Waals surface area contributed by atoms with Crippen LogP contribution in [0.15, 0.2) is 24.3 Å². The number of hydrogen-bond donors (Lipinski definition) is 0. The molecule has 0 aromatic heterocycles. The molecule has 1 saturated heterocycles. The maximum atomic E-state index is 12.6. The van der Waals surface area contributed by atoms with Crippen LogP contribution in [-0.4, -0.2) is 19.2 Å². The van der Waals surface area contributed by atoms with E-state index in [-0.39, 0.29) is 17.7 Å². The topological polar surface area (TPSA) is 35.5 Å². The van der Waals surface area contributed by atoms with E-state index in [0.717, 1.165) is 0 Å². The van der Waals surface area contributed by atoms with Crippen LogP contribution < -0.4 is 4.74 Å². The summed E-state index contributed by atoms with van der Waals surface area (Å²) in [5, 5.41) is 0. The Balaban J connectivity index is 1.87. The van der Waals surface area contributed by atoms with Crippen LogP contribution in [0.25, 0.3) is 0 Å². The van der Waals surface area contributed by atoms with Gasteiger partial charge in [-0.25, -0.2) is 4.39 Å². The van der Waals surface area contributed by atoms with Gasteiger partial charge in [0.05, 0.1) is 12.5 Å². The van der Waals surface area contributed by atoms with E-state index in [9.17, 15) is 9.18 Å². The number of carbonyl (C=O) groups excluding carboxylic acids is 1. The minimum absolute atomic E-state index is 0.185. The Morgan fingerprint density at radius 2 is 2.13 bits per heavy atom. The molecule has 0 aliphatic carbocycles. The van der Waals surface area contributed by atoms with Crippen molar-refractivity contribution in [2.24, 2.45) is 5.92 Å². The van der Waals surface area contributed by atoms with Crippen molar-refractivity contribution < 1.29 is 18.7 Å². The van der Waals surface area contributed by atoms with E-state index in [1.54, 1.807) is 0 Å². The van der Waals surface area contributed by atoms with Crippen LogP contribution in [0.2, 0.25) is 0 Å². The maximum Gasteiger partial charge on any atom is 0.312 e. The van der Waals surface area contributed by atoms with Gasteiger partial charge < -0.3 is 9.47 Å². The first-order chi connectivity index (χ1) is 7.25. The van der Waals surface area contributed by atoms with E-state index >= 15 is 0 Å². The van der Waals surface area contributed by atoms with Gasteiger partial charge in [-0.15, -0.1) is 0 Å². The second-order valence-electron chi connectivity index (χ2n) is 3.42. The average Bonchev–Trinajstić information content (AvgIpc) is 2.63. The lowest BCUT2D eigenvalue weighted by atomic mass is 10.1. The first-order valence-electron chi connectivity index (χ1n) is 4.81. The minimum Gasteiger partial charge on any atom is -0.493 e. The molecule has 1 unspecified atom stereocenters. The molecular weight excluding hydrogens is 199 g/mol. The highest BCUT2D eigenvalue weighted by Crippen LogP contribution is 2.17. The summed E-state index contributed by atoms with van der Waals surface area (Å²) < 4.78 is 22.7. The molecule has 2 rings (SSSR count). The normalized spacial score (nSPS) is 20.1. The molecule has 3 nitrogen and oxygen atoms in total. The summed E-state index contributed by atoms with van der Waals surface area (Å²) in [5.74, 6) is -0.133. The van der Waals surface area contributed by atoms with Gasteiger partial charge >= 0.3 is 5.97 Å². The molecule has 0 N–H and O–H groups in total. The average molecular weight is 210 g/mol. The summed E-state index contributed by atoms with van der Waals surface area (Å²) in [6, 6.07) is 5.72. The highest BCUT2D eigenvalue weighted by Gasteiger charge is 2.26. The fraction of sp³-hybridized carbons (Fsp3) is 0.364. The molecular formula is C11H11FO3. The number of benzene rings is 1. The van der Waals surface area contributed by atoms with Crippen molar-refractivity contribution in [2.75, 3.05) is 13.2 Å². The molecule has 1 aromatic rings. The Labute approximate surface area is 86.8 Å². The van der Waals surface area contributed by atoms with Crippen molar-refractivity contribution in [3.8, 4) is 5.75 Å². The molecule has 0 spiro atoms. The van der Waals surface area contributed by atoms with Gasteiger partial charge in [0.2, 0.25) is 0 Å². The highest BCUT2D eigenvalue weighted by molar-refractivity contribution is 5.74. The van der Waals surface area contributed by atoms with Crippen molar-refractivity contribution in [1.82, 2.24) is 0 Å². The third kappa shape index (κ3) is 2.46. The first kappa shape index (κ1) is 9.96. The summed E-state index contributed by atoms with van der Waals surface area (Å²) in [5.41, 5.74) is 0. The number of esters is 1. The van der Waals surface area contributed by atoms with Crippen molar-refractivity contribution in [3.05, 3.63) is 30.1 Å². The van der Waals surface area contributed by atoms with E-state index in [1.165, 1.54) is 24.3 Å². The van der Waals surface area contributed by atoms with E-state index < -0.39 is 0 Å². The van der Waals surface area contributed by atoms with Crippen molar-refractivity contribution in [1.29, 1.82) is 0 Å². The molecule has 1 aromatic carbocycles. The Hall–Kier alpha value is -1.58. The van der Waals surface area contributed by atoms with Crippen LogP contribution in [0.3, 0.4) is 0 Å². The Bertz CT molecular complexity index is 347. The van der Waals surface area contributed by atoms with Gasteiger partial charge in [-0.1, -0.05) is 0 Å². The number of cyclic esters (lactones) is 1. The fourth-order valence-corrected chi connectivity index (χ4v) is 1.42. The van der Waals surface area contributed by atoms with Crippen LogP contribution >= 0.6 is 0 Å². The summed E-state index contributed by atoms with van der Waals surface area (Å²) in [4.78, 5) is 11.1. The second-order valence-corrected chi connectivity index (χ2v) is 3.42. The van der Waals surface area contributed by atoms with Crippen LogP contribution in [-0.2, 0) is 9.53 Å². The van der Waals surface area contributed by atoms with E-state index in [1.807, 2.05) is 0 Å². The third-order valence-corrected chi connectivity index (χ3v) is 2.31. The highest BCUT2D eigenvalue weighted by atomic mass is 19.1. The molecule has 4 heteroatoms. The molecule has 1 aliphatic rings. The molecule has 0 radical (unpaired) electrons. The van der Waals surface area contributed by atoms with Gasteiger partial charge in [0.15, 0.2) is 0 Å². The molecule has 1 aliphatic heterocycles. The van der Waals surface area contributed by atoms with Gasteiger partial charge in [-0.3, -0.25) is 4.79 Å². The van der Waals surface area contributed by atoms with Crippen molar-refractivity contribution in [3.63, 3.8) is 0 Å². The third-order valence-electron chi connectivity index (χ3n) is 2.31. The fourth-order valence-electron chi connectivity index (χ4n) is 1.42. The zero-order valence-electron chi connectivity index (χ0n) is 8.11. The monoisotopic (exact) mass is 210 g/mol. The zero-order chi connectivity index (χ0) is 10.7. The standard InChI is InChI=1S/C11H11FO3/c12-9-1-3-10(4-2-9)15-7-8-5-6-14-11(8)13/h1-4,8H,5-7H2. The number of carbonyl (C=O) groups is 1. The van der Waals surface area contributed by atoms with Crippen LogP contribution in [0.1, 0.15) is 6.42 Å². The minimum atomic E-state index is -0.303. The summed E-state index contributed by atoms with van der Waals surface area (Å²) in [6.45, 7) is 0.765. The summed E-state index contributed by atoms with van der Waals surface area (Å²) >= 11 is 0. The SMILES string of the molecule is O=C1OCCC1COc1ccc(F)cc1. The Morgan fingerprint density at radius 1 is 1.40 bits per heavy atom. The quantitative estimate of drug-likeness (QED) is 0.713. The van der Waals surface area contributed by atoms with Gasteiger partial charge in [0, 0.05) is 0 Å². The maximum absolute atomic E-state index is 12.6.